The molecule has 0 heterocycles. The van der Waals surface area contributed by atoms with E-state index in [0.29, 0.717) is 0 Å². The Balaban J connectivity index is 1.13. The number of allylic oxidation sites excluding steroid dienone is 2. The average molecular weight is 758 g/mol. The highest BCUT2D eigenvalue weighted by Gasteiger charge is 2.35. The Labute approximate surface area is 348 Å². The highest BCUT2D eigenvalue weighted by atomic mass is 15.1. The summed E-state index contributed by atoms with van der Waals surface area (Å²) in [5, 5.41) is 7.54. The van der Waals surface area contributed by atoms with Gasteiger partial charge in [-0.15, -0.1) is 0 Å². The number of aryl methyl sites for hydroxylation is 3. The van der Waals surface area contributed by atoms with Crippen LogP contribution in [0.5, 0.6) is 0 Å². The van der Waals surface area contributed by atoms with E-state index in [1.54, 1.807) is 0 Å². The van der Waals surface area contributed by atoms with Crippen LogP contribution in [-0.4, -0.2) is 0 Å². The van der Waals surface area contributed by atoms with Gasteiger partial charge in [-0.05, 0) is 168 Å². The van der Waals surface area contributed by atoms with Gasteiger partial charge in [0.1, 0.15) is 0 Å². The Kier molecular flexibility index (Phi) is 8.73. The van der Waals surface area contributed by atoms with Crippen molar-refractivity contribution in [2.45, 2.75) is 40.0 Å². The van der Waals surface area contributed by atoms with Gasteiger partial charge in [-0.25, -0.2) is 0 Å². The first kappa shape index (κ1) is 36.4. The molecule has 0 aromatic heterocycles. The van der Waals surface area contributed by atoms with Crippen LogP contribution in [0.4, 0.5) is 17.1 Å². The maximum atomic E-state index is 3.97. The van der Waals surface area contributed by atoms with Crippen molar-refractivity contribution in [3.63, 3.8) is 0 Å². The normalized spacial score (nSPS) is 13.0. The van der Waals surface area contributed by atoms with E-state index in [-0.39, 0.29) is 5.41 Å². The summed E-state index contributed by atoms with van der Waals surface area (Å²) in [5.74, 6) is 0. The lowest BCUT2D eigenvalue weighted by atomic mass is 9.82. The quantitative estimate of drug-likeness (QED) is 0.116. The zero-order valence-electron chi connectivity index (χ0n) is 34.5. The molecular formula is C58H47N. The predicted molar refractivity (Wildman–Crippen MR) is 256 cm³/mol. The summed E-state index contributed by atoms with van der Waals surface area (Å²) in [6.07, 6.45) is 6.10. The van der Waals surface area contributed by atoms with Crippen LogP contribution in [0.2, 0.25) is 0 Å². The van der Waals surface area contributed by atoms with Gasteiger partial charge in [0.05, 0.1) is 0 Å². The van der Waals surface area contributed by atoms with Gasteiger partial charge in [0.2, 0.25) is 0 Å². The van der Waals surface area contributed by atoms with E-state index in [1.165, 1.54) is 99.1 Å². The van der Waals surface area contributed by atoms with Gasteiger partial charge in [-0.3, -0.25) is 0 Å². The molecule has 1 heteroatoms. The van der Waals surface area contributed by atoms with Crippen molar-refractivity contribution in [1.82, 2.24) is 0 Å². The van der Waals surface area contributed by atoms with Crippen LogP contribution in [0.25, 0.3) is 71.8 Å². The summed E-state index contributed by atoms with van der Waals surface area (Å²) in [7, 11) is 0. The van der Waals surface area contributed by atoms with Gasteiger partial charge in [-0.2, -0.15) is 0 Å². The fourth-order valence-electron chi connectivity index (χ4n) is 9.72. The first-order valence-corrected chi connectivity index (χ1v) is 20.7. The maximum absolute atomic E-state index is 3.97. The molecule has 9 aromatic rings. The molecule has 1 aliphatic carbocycles. The number of fused-ring (bicyclic) bond motifs is 7. The third kappa shape index (κ3) is 6.00. The van der Waals surface area contributed by atoms with Crippen molar-refractivity contribution in [1.29, 1.82) is 0 Å². The summed E-state index contributed by atoms with van der Waals surface area (Å²) in [4.78, 5) is 2.44. The molecular weight excluding hydrogens is 711 g/mol. The minimum Gasteiger partial charge on any atom is -0.310 e. The molecule has 9 aromatic carbocycles. The van der Waals surface area contributed by atoms with Crippen LogP contribution >= 0.6 is 0 Å². The molecule has 10 rings (SSSR count). The SMILES string of the molecule is C=C/C=C\c1c(C)c2ccccc2c2cc(N(c3ccc(-c4ccc(C)c(-c5cc6ccccc6cc5C)c4)cc3)c3ccc4c(c3)C(C)(C)c3ccccc3-4)ccc12. The molecule has 1 aliphatic rings. The second-order valence-electron chi connectivity index (χ2n) is 16.7. The standard InChI is InChI=1S/C58H47N/c1-7-8-17-47-39(4)48-18-11-12-19-49(48)55-35-45(28-30-50(47)55)59(46-29-31-52-51-20-13-14-21-56(51)58(5,6)57(52)36-46)44-26-24-40(25-27-44)43-23-22-37(2)53(34-43)54-33-42-16-10-9-15-41(42)32-38(54)3/h7-36H,1H2,2-6H3/b17-8-. The summed E-state index contributed by atoms with van der Waals surface area (Å²) < 4.78 is 0. The second kappa shape index (κ2) is 14.1. The van der Waals surface area contributed by atoms with Crippen LogP contribution in [0.15, 0.2) is 183 Å². The summed E-state index contributed by atoms with van der Waals surface area (Å²) in [5.41, 5.74) is 18.7. The molecule has 0 fully saturated rings. The lowest BCUT2D eigenvalue weighted by Crippen LogP contribution is -2.16. The van der Waals surface area contributed by atoms with E-state index in [0.717, 1.165) is 17.1 Å². The topological polar surface area (TPSA) is 3.24 Å². The third-order valence-corrected chi connectivity index (χ3v) is 12.9. The molecule has 284 valence electrons. The maximum Gasteiger partial charge on any atom is 0.0468 e. The summed E-state index contributed by atoms with van der Waals surface area (Å²) >= 11 is 0. The lowest BCUT2D eigenvalue weighted by molar-refractivity contribution is 0.660. The molecule has 0 N–H and O–H groups in total. The zero-order chi connectivity index (χ0) is 40.4. The first-order valence-electron chi connectivity index (χ1n) is 20.7. The Bertz CT molecular complexity index is 3180. The third-order valence-electron chi connectivity index (χ3n) is 12.9. The van der Waals surface area contributed by atoms with E-state index in [9.17, 15) is 0 Å². The van der Waals surface area contributed by atoms with Crippen molar-refractivity contribution in [2.75, 3.05) is 4.90 Å². The van der Waals surface area contributed by atoms with Crippen molar-refractivity contribution >= 4 is 55.5 Å². The van der Waals surface area contributed by atoms with E-state index < -0.39 is 0 Å². The van der Waals surface area contributed by atoms with Crippen molar-refractivity contribution in [2.24, 2.45) is 0 Å². The van der Waals surface area contributed by atoms with Gasteiger partial charge >= 0.3 is 0 Å². The minimum absolute atomic E-state index is 0.118. The van der Waals surface area contributed by atoms with Gasteiger partial charge in [0.25, 0.3) is 0 Å². The molecule has 59 heavy (non-hydrogen) atoms. The number of anilines is 3. The van der Waals surface area contributed by atoms with Crippen molar-refractivity contribution < 1.29 is 0 Å². The number of nitrogens with zero attached hydrogens (tertiary/aromatic N) is 1. The molecule has 0 aliphatic heterocycles. The first-order chi connectivity index (χ1) is 28.7. The van der Waals surface area contributed by atoms with E-state index in [2.05, 4.69) is 216 Å². The van der Waals surface area contributed by atoms with Crippen LogP contribution in [0.3, 0.4) is 0 Å². The van der Waals surface area contributed by atoms with Gasteiger partial charge in [0.15, 0.2) is 0 Å². The zero-order valence-corrected chi connectivity index (χ0v) is 34.5. The van der Waals surface area contributed by atoms with Crippen molar-refractivity contribution in [3.8, 4) is 33.4 Å². The molecule has 1 nitrogen and oxygen atoms in total. The molecule has 0 saturated heterocycles. The van der Waals surface area contributed by atoms with Gasteiger partial charge in [0, 0.05) is 22.5 Å². The molecule has 0 spiro atoms. The smallest absolute Gasteiger partial charge is 0.0468 e. The number of hydrogen-bond donors (Lipinski definition) is 0. The fraction of sp³-hybridized carbons (Fsp3) is 0.103. The van der Waals surface area contributed by atoms with E-state index in [1.807, 2.05) is 12.2 Å². The molecule has 0 radical (unpaired) electrons. The van der Waals surface area contributed by atoms with E-state index in [4.69, 9.17) is 0 Å². The van der Waals surface area contributed by atoms with Crippen molar-refractivity contribution in [3.05, 3.63) is 216 Å². The van der Waals surface area contributed by atoms with E-state index >= 15 is 0 Å². The monoisotopic (exact) mass is 757 g/mol. The number of benzene rings is 9. The Morgan fingerprint density at radius 3 is 1.88 bits per heavy atom. The largest absolute Gasteiger partial charge is 0.310 e. The molecule has 0 amide bonds. The van der Waals surface area contributed by atoms with Crippen LogP contribution in [-0.2, 0) is 5.41 Å². The Hall–Kier alpha value is -6.96. The van der Waals surface area contributed by atoms with Crippen LogP contribution in [0.1, 0.15) is 47.2 Å². The summed E-state index contributed by atoms with van der Waals surface area (Å²) in [6.45, 7) is 15.4. The summed E-state index contributed by atoms with van der Waals surface area (Å²) in [6, 6.07) is 61.1. The predicted octanol–water partition coefficient (Wildman–Crippen LogP) is 16.4. The highest BCUT2D eigenvalue weighted by molar-refractivity contribution is 6.14. The van der Waals surface area contributed by atoms with Gasteiger partial charge in [-0.1, -0.05) is 154 Å². The second-order valence-corrected chi connectivity index (χ2v) is 16.7. The molecule has 0 atom stereocenters. The Morgan fingerprint density at radius 2 is 1.08 bits per heavy atom. The molecule has 0 unspecified atom stereocenters. The number of hydrogen-bond acceptors (Lipinski definition) is 1. The van der Waals surface area contributed by atoms with Crippen LogP contribution in [0, 0.1) is 20.8 Å². The fourth-order valence-corrected chi connectivity index (χ4v) is 9.72. The molecule has 0 bridgehead atoms. The number of rotatable bonds is 7. The molecule has 0 saturated carbocycles. The lowest BCUT2D eigenvalue weighted by Gasteiger charge is -2.29. The van der Waals surface area contributed by atoms with Gasteiger partial charge < -0.3 is 4.90 Å². The average Bonchev–Trinajstić information content (AvgIpc) is 3.49. The Morgan fingerprint density at radius 1 is 0.458 bits per heavy atom. The minimum atomic E-state index is -0.118. The van der Waals surface area contributed by atoms with Crippen LogP contribution < -0.4 is 4.90 Å². The highest BCUT2D eigenvalue weighted by Crippen LogP contribution is 2.51.